The van der Waals surface area contributed by atoms with Crippen molar-refractivity contribution in [1.29, 1.82) is 0 Å². The van der Waals surface area contributed by atoms with Gasteiger partial charge in [0.1, 0.15) is 23.6 Å². The van der Waals surface area contributed by atoms with Crippen LogP contribution in [0.25, 0.3) is 10.9 Å². The molecule has 0 unspecified atom stereocenters. The maximum atomic E-state index is 15.3. The first-order valence-electron chi connectivity index (χ1n) is 11.8. The molecule has 3 aromatic rings. The SMILES string of the molecule is COc1ccc2nccc([C@H](F)CC[C@@H]3CCN(CC#Cc4c(F)cccc4F)C[C@@H]3C(=O)O)c2c1. The lowest BCUT2D eigenvalue weighted by Gasteiger charge is -2.35. The van der Waals surface area contributed by atoms with Crippen LogP contribution in [0.5, 0.6) is 5.75 Å². The monoisotopic (exact) mass is 496 g/mol. The summed E-state index contributed by atoms with van der Waals surface area (Å²) in [4.78, 5) is 18.1. The Morgan fingerprint density at radius 3 is 2.75 bits per heavy atom. The zero-order chi connectivity index (χ0) is 25.7. The van der Waals surface area contributed by atoms with E-state index in [0.717, 1.165) is 12.1 Å². The second-order valence-corrected chi connectivity index (χ2v) is 8.96. The highest BCUT2D eigenvalue weighted by Gasteiger charge is 2.34. The number of carboxylic acids is 1. The number of benzene rings is 2. The Labute approximate surface area is 207 Å². The standard InChI is InChI=1S/C28H27F3N2O3/c1-36-19-8-10-27-22(16-19)20(11-13-32-27)26(31)9-7-18-12-15-33(17-23(18)28(34)35)14-3-4-21-24(29)5-2-6-25(21)30/h2,5-6,8,10-11,13,16,18,23,26H,7,9,12,14-15,17H2,1H3,(H,34,35)/t18-,23+,26-/m1/s1. The molecule has 0 aliphatic carbocycles. The van der Waals surface area contributed by atoms with Crippen LogP contribution in [-0.2, 0) is 4.79 Å². The second kappa shape index (κ2) is 11.4. The molecule has 36 heavy (non-hydrogen) atoms. The van der Waals surface area contributed by atoms with Gasteiger partial charge in [-0.25, -0.2) is 13.2 Å². The maximum Gasteiger partial charge on any atom is 0.308 e. The number of piperidine rings is 1. The van der Waals surface area contributed by atoms with Crippen LogP contribution in [-0.4, -0.2) is 47.7 Å². The van der Waals surface area contributed by atoms with Crippen molar-refractivity contribution < 1.29 is 27.8 Å². The van der Waals surface area contributed by atoms with Crippen LogP contribution in [0.4, 0.5) is 13.2 Å². The number of methoxy groups -OCH3 is 1. The third kappa shape index (κ3) is 5.80. The Morgan fingerprint density at radius 2 is 2.03 bits per heavy atom. The number of fused-ring (bicyclic) bond motifs is 1. The molecule has 8 heteroatoms. The van der Waals surface area contributed by atoms with Crippen molar-refractivity contribution in [2.45, 2.75) is 25.4 Å². The number of likely N-dealkylation sites (tertiary alicyclic amines) is 1. The van der Waals surface area contributed by atoms with Gasteiger partial charge in [0.25, 0.3) is 0 Å². The van der Waals surface area contributed by atoms with Crippen LogP contribution >= 0.6 is 0 Å². The molecule has 188 valence electrons. The quantitative estimate of drug-likeness (QED) is 0.445. The molecule has 3 atom stereocenters. The highest BCUT2D eigenvalue weighted by molar-refractivity contribution is 5.83. The Kier molecular flexibility index (Phi) is 8.11. The van der Waals surface area contributed by atoms with Gasteiger partial charge < -0.3 is 9.84 Å². The highest BCUT2D eigenvalue weighted by atomic mass is 19.1. The van der Waals surface area contributed by atoms with Crippen LogP contribution in [0.15, 0.2) is 48.7 Å². The van der Waals surface area contributed by atoms with Gasteiger partial charge in [-0.05, 0) is 73.7 Å². The van der Waals surface area contributed by atoms with E-state index in [2.05, 4.69) is 16.8 Å². The van der Waals surface area contributed by atoms with Crippen molar-refractivity contribution in [3.63, 3.8) is 0 Å². The maximum absolute atomic E-state index is 15.3. The highest BCUT2D eigenvalue weighted by Crippen LogP contribution is 2.35. The minimum Gasteiger partial charge on any atom is -0.497 e. The van der Waals surface area contributed by atoms with Crippen molar-refractivity contribution in [3.05, 3.63) is 71.4 Å². The van der Waals surface area contributed by atoms with Crippen LogP contribution < -0.4 is 4.74 Å². The van der Waals surface area contributed by atoms with Gasteiger partial charge in [-0.3, -0.25) is 14.7 Å². The van der Waals surface area contributed by atoms with E-state index in [1.54, 1.807) is 37.6 Å². The third-order valence-corrected chi connectivity index (χ3v) is 6.75. The van der Waals surface area contributed by atoms with Gasteiger partial charge in [-0.2, -0.15) is 0 Å². The predicted molar refractivity (Wildman–Crippen MR) is 130 cm³/mol. The number of hydrogen-bond donors (Lipinski definition) is 1. The predicted octanol–water partition coefficient (Wildman–Crippen LogP) is 5.39. The van der Waals surface area contributed by atoms with Crippen LogP contribution in [0, 0.1) is 35.3 Å². The van der Waals surface area contributed by atoms with E-state index in [-0.39, 0.29) is 31.0 Å². The van der Waals surface area contributed by atoms with Gasteiger partial charge in [0.2, 0.25) is 0 Å². The van der Waals surface area contributed by atoms with Gasteiger partial charge in [-0.1, -0.05) is 17.9 Å². The number of halogens is 3. The molecule has 1 saturated heterocycles. The average Bonchev–Trinajstić information content (AvgIpc) is 2.88. The molecule has 0 spiro atoms. The molecule has 2 heterocycles. The van der Waals surface area contributed by atoms with Crippen molar-refractivity contribution in [3.8, 4) is 17.6 Å². The Morgan fingerprint density at radius 1 is 1.25 bits per heavy atom. The number of carboxylic acid groups (broad SMARTS) is 1. The summed E-state index contributed by atoms with van der Waals surface area (Å²) in [5.74, 6) is 2.62. The summed E-state index contributed by atoms with van der Waals surface area (Å²) in [7, 11) is 1.55. The first-order chi connectivity index (χ1) is 17.4. The third-order valence-electron chi connectivity index (χ3n) is 6.75. The van der Waals surface area contributed by atoms with E-state index < -0.39 is 29.7 Å². The van der Waals surface area contributed by atoms with Crippen LogP contribution in [0.2, 0.25) is 0 Å². The van der Waals surface area contributed by atoms with E-state index >= 15 is 4.39 Å². The summed E-state index contributed by atoms with van der Waals surface area (Å²) < 4.78 is 48.1. The summed E-state index contributed by atoms with van der Waals surface area (Å²) >= 11 is 0. The molecular weight excluding hydrogens is 469 g/mol. The fourth-order valence-corrected chi connectivity index (χ4v) is 4.76. The molecule has 1 aliphatic heterocycles. The van der Waals surface area contributed by atoms with E-state index in [1.165, 1.54) is 6.07 Å². The molecule has 0 saturated carbocycles. The first kappa shape index (κ1) is 25.5. The zero-order valence-electron chi connectivity index (χ0n) is 19.9. The summed E-state index contributed by atoms with van der Waals surface area (Å²) in [6.45, 7) is 1.02. The van der Waals surface area contributed by atoms with Gasteiger partial charge in [0.15, 0.2) is 0 Å². The van der Waals surface area contributed by atoms with E-state index in [4.69, 9.17) is 4.74 Å². The van der Waals surface area contributed by atoms with Crippen molar-refractivity contribution >= 4 is 16.9 Å². The summed E-state index contributed by atoms with van der Waals surface area (Å²) in [6, 6.07) is 10.5. The fraction of sp³-hybridized carbons (Fsp3) is 0.357. The minimum absolute atomic E-state index is 0.184. The summed E-state index contributed by atoms with van der Waals surface area (Å²) in [5.41, 5.74) is 0.889. The fourth-order valence-electron chi connectivity index (χ4n) is 4.76. The van der Waals surface area contributed by atoms with Crippen LogP contribution in [0.1, 0.15) is 36.6 Å². The molecule has 0 radical (unpaired) electrons. The lowest BCUT2D eigenvalue weighted by Crippen LogP contribution is -2.44. The topological polar surface area (TPSA) is 62.7 Å². The summed E-state index contributed by atoms with van der Waals surface area (Å²) in [5, 5.41) is 10.5. The molecule has 2 aromatic carbocycles. The van der Waals surface area contributed by atoms with Gasteiger partial charge >= 0.3 is 5.97 Å². The molecule has 1 aromatic heterocycles. The van der Waals surface area contributed by atoms with E-state index in [9.17, 15) is 18.7 Å². The molecule has 1 N–H and O–H groups in total. The molecule has 1 aliphatic rings. The van der Waals surface area contributed by atoms with Crippen molar-refractivity contribution in [1.82, 2.24) is 9.88 Å². The molecule has 5 nitrogen and oxygen atoms in total. The number of carbonyl (C=O) groups is 1. The summed E-state index contributed by atoms with van der Waals surface area (Å²) in [6.07, 6.45) is 1.49. The molecule has 0 bridgehead atoms. The zero-order valence-corrected chi connectivity index (χ0v) is 19.9. The number of pyridine rings is 1. The van der Waals surface area contributed by atoms with Gasteiger partial charge in [0.05, 0.1) is 30.7 Å². The number of nitrogens with zero attached hydrogens (tertiary/aromatic N) is 2. The lowest BCUT2D eigenvalue weighted by atomic mass is 9.81. The molecule has 0 amide bonds. The number of hydrogen-bond acceptors (Lipinski definition) is 4. The number of aliphatic carboxylic acids is 1. The van der Waals surface area contributed by atoms with Gasteiger partial charge in [-0.15, -0.1) is 0 Å². The normalized spacial score (nSPS) is 18.9. The number of rotatable bonds is 7. The number of ether oxygens (including phenoxy) is 1. The van der Waals surface area contributed by atoms with Crippen molar-refractivity contribution in [2.24, 2.45) is 11.8 Å². The first-order valence-corrected chi connectivity index (χ1v) is 11.8. The Balaban J connectivity index is 1.39. The Hall–Kier alpha value is -3.57. The lowest BCUT2D eigenvalue weighted by molar-refractivity contribution is -0.146. The molecular formula is C28H27F3N2O3. The number of alkyl halides is 1. The Bertz CT molecular complexity index is 1280. The van der Waals surface area contributed by atoms with Crippen LogP contribution in [0.3, 0.4) is 0 Å². The molecule has 4 rings (SSSR count). The largest absolute Gasteiger partial charge is 0.497 e. The van der Waals surface area contributed by atoms with Gasteiger partial charge in [0, 0.05) is 18.1 Å². The second-order valence-electron chi connectivity index (χ2n) is 8.96. The average molecular weight is 497 g/mol. The minimum atomic E-state index is -1.27. The number of aromatic nitrogens is 1. The van der Waals surface area contributed by atoms with E-state index in [0.29, 0.717) is 41.6 Å². The smallest absolute Gasteiger partial charge is 0.308 e. The van der Waals surface area contributed by atoms with Crippen molar-refractivity contribution in [2.75, 3.05) is 26.7 Å². The molecule has 1 fully saturated rings. The van der Waals surface area contributed by atoms with E-state index in [1.807, 2.05) is 4.90 Å².